The number of benzene rings is 3. The van der Waals surface area contributed by atoms with Crippen LogP contribution in [0.25, 0.3) is 0 Å². The van der Waals surface area contributed by atoms with Crippen LogP contribution in [0, 0.1) is 11.8 Å². The van der Waals surface area contributed by atoms with Crippen LogP contribution in [-0.2, 0) is 14.4 Å². The highest BCUT2D eigenvalue weighted by Crippen LogP contribution is 2.47. The number of rotatable bonds is 8. The number of para-hydroxylation sites is 4. The summed E-state index contributed by atoms with van der Waals surface area (Å²) in [5, 5.41) is 17.1. The van der Waals surface area contributed by atoms with Crippen LogP contribution in [-0.4, -0.2) is 49.6 Å². The molecule has 9 nitrogen and oxygen atoms in total. The summed E-state index contributed by atoms with van der Waals surface area (Å²) in [6, 6.07) is 20.5. The molecule has 0 saturated heterocycles. The molecule has 2 amide bonds. The molecule has 0 bridgehead atoms. The first kappa shape index (κ1) is 27.7. The number of hydrogen-bond acceptors (Lipinski definition) is 7. The molecule has 3 aromatic rings. The van der Waals surface area contributed by atoms with Crippen molar-refractivity contribution < 1.29 is 33.7 Å². The topological polar surface area (TPSA) is 123 Å². The monoisotopic (exact) mass is 532 g/mol. The zero-order valence-electron chi connectivity index (χ0n) is 22.3. The zero-order chi connectivity index (χ0) is 28.2. The number of Topliss-reactive ketones (excluding diaryl/α,β-unsaturated/α-hetero) is 1. The predicted octanol–water partition coefficient (Wildman–Crippen LogP) is 4.03. The minimum absolute atomic E-state index is 0.381. The van der Waals surface area contributed by atoms with Crippen molar-refractivity contribution in [3.05, 3.63) is 78.4 Å². The molecule has 0 heterocycles. The molecule has 0 spiro atoms. The Bertz CT molecular complexity index is 1350. The Balaban J connectivity index is 1.79. The van der Waals surface area contributed by atoms with Gasteiger partial charge in [0.2, 0.25) is 11.8 Å². The van der Waals surface area contributed by atoms with Crippen molar-refractivity contribution >= 4 is 29.0 Å². The molecule has 1 saturated carbocycles. The van der Waals surface area contributed by atoms with Gasteiger partial charge in [0, 0.05) is 12.3 Å². The van der Waals surface area contributed by atoms with Crippen LogP contribution in [0.3, 0.4) is 0 Å². The normalized spacial score (nSPS) is 22.5. The average Bonchev–Trinajstić information content (AvgIpc) is 2.92. The molecule has 0 radical (unpaired) electrons. The standard InChI is InChI=1S/C30H32N2O7/c1-30(36)17-22(33)26(28(34)31-20-9-5-7-11-23(20)38-3)25(18-13-15-19(37-2)16-14-18)27(30)29(35)32-21-10-6-8-12-24(21)39-4/h5-16,25-27,36H,17H2,1-4H3,(H,31,34)(H,32,35)/t25-,26+,27-,30+/m0/s1. The van der Waals surface area contributed by atoms with Crippen LogP contribution in [0.4, 0.5) is 11.4 Å². The van der Waals surface area contributed by atoms with Gasteiger partial charge in [0.05, 0.1) is 44.2 Å². The van der Waals surface area contributed by atoms with Gasteiger partial charge in [-0.3, -0.25) is 14.4 Å². The van der Waals surface area contributed by atoms with Crippen molar-refractivity contribution in [1.82, 2.24) is 0 Å². The van der Waals surface area contributed by atoms with Crippen LogP contribution in [0.5, 0.6) is 17.2 Å². The smallest absolute Gasteiger partial charge is 0.235 e. The summed E-state index contributed by atoms with van der Waals surface area (Å²) >= 11 is 0. The second kappa shape index (κ2) is 11.6. The summed E-state index contributed by atoms with van der Waals surface area (Å²) in [4.78, 5) is 41.1. The summed E-state index contributed by atoms with van der Waals surface area (Å²) in [7, 11) is 4.49. The molecule has 3 N–H and O–H groups in total. The number of carbonyl (C=O) groups excluding carboxylic acids is 3. The number of ether oxygens (including phenoxy) is 3. The third-order valence-electron chi connectivity index (χ3n) is 7.06. The highest BCUT2D eigenvalue weighted by Gasteiger charge is 2.56. The van der Waals surface area contributed by atoms with Gasteiger partial charge in [-0.2, -0.15) is 0 Å². The van der Waals surface area contributed by atoms with E-state index in [1.54, 1.807) is 72.8 Å². The molecule has 39 heavy (non-hydrogen) atoms. The van der Waals surface area contributed by atoms with Crippen molar-refractivity contribution in [3.63, 3.8) is 0 Å². The van der Waals surface area contributed by atoms with E-state index in [2.05, 4.69) is 10.6 Å². The molecule has 1 aliphatic rings. The Morgan fingerprint density at radius 1 is 0.795 bits per heavy atom. The first-order valence-corrected chi connectivity index (χ1v) is 12.5. The van der Waals surface area contributed by atoms with E-state index in [1.807, 2.05) is 0 Å². The van der Waals surface area contributed by atoms with Gasteiger partial charge in [0.1, 0.15) is 28.9 Å². The molecule has 3 aromatic carbocycles. The highest BCUT2D eigenvalue weighted by molar-refractivity contribution is 6.11. The van der Waals surface area contributed by atoms with Crippen molar-refractivity contribution in [3.8, 4) is 17.2 Å². The number of hydrogen-bond donors (Lipinski definition) is 3. The lowest BCUT2D eigenvalue weighted by Crippen LogP contribution is -2.56. The SMILES string of the molecule is COc1ccc([C@H]2[C@H](C(=O)Nc3ccccc3OC)C(=O)C[C@@](C)(O)[C@@H]2C(=O)Nc2ccccc2OC)cc1. The van der Waals surface area contributed by atoms with E-state index >= 15 is 0 Å². The second-order valence-corrected chi connectivity index (χ2v) is 9.63. The number of ketones is 1. The van der Waals surface area contributed by atoms with E-state index in [9.17, 15) is 19.5 Å². The molecule has 1 aliphatic carbocycles. The van der Waals surface area contributed by atoms with E-state index in [1.165, 1.54) is 28.3 Å². The quantitative estimate of drug-likeness (QED) is 0.374. The maximum Gasteiger partial charge on any atom is 0.235 e. The lowest BCUT2D eigenvalue weighted by Gasteiger charge is -2.44. The van der Waals surface area contributed by atoms with Crippen LogP contribution in [0.1, 0.15) is 24.8 Å². The van der Waals surface area contributed by atoms with Crippen molar-refractivity contribution in [2.75, 3.05) is 32.0 Å². The van der Waals surface area contributed by atoms with E-state index in [0.717, 1.165) is 0 Å². The third-order valence-corrected chi connectivity index (χ3v) is 7.06. The fraction of sp³-hybridized carbons (Fsp3) is 0.300. The Hall–Kier alpha value is -4.37. The summed E-state index contributed by atoms with van der Waals surface area (Å²) in [6.45, 7) is 1.45. The predicted molar refractivity (Wildman–Crippen MR) is 146 cm³/mol. The maximum absolute atomic E-state index is 13.9. The van der Waals surface area contributed by atoms with Gasteiger partial charge in [-0.25, -0.2) is 0 Å². The van der Waals surface area contributed by atoms with Crippen molar-refractivity contribution in [2.45, 2.75) is 24.9 Å². The van der Waals surface area contributed by atoms with E-state index in [4.69, 9.17) is 14.2 Å². The first-order chi connectivity index (χ1) is 18.7. The average molecular weight is 533 g/mol. The van der Waals surface area contributed by atoms with Crippen LogP contribution in [0.2, 0.25) is 0 Å². The van der Waals surface area contributed by atoms with Crippen LogP contribution < -0.4 is 24.8 Å². The minimum Gasteiger partial charge on any atom is -0.497 e. The zero-order valence-corrected chi connectivity index (χ0v) is 22.3. The minimum atomic E-state index is -1.74. The molecule has 9 heteroatoms. The van der Waals surface area contributed by atoms with Gasteiger partial charge < -0.3 is 30.0 Å². The maximum atomic E-state index is 13.9. The number of nitrogens with one attached hydrogen (secondary N) is 2. The number of carbonyl (C=O) groups is 3. The first-order valence-electron chi connectivity index (χ1n) is 12.5. The lowest BCUT2D eigenvalue weighted by atomic mass is 9.61. The fourth-order valence-corrected chi connectivity index (χ4v) is 5.23. The number of aliphatic hydroxyl groups is 1. The Labute approximate surface area is 227 Å². The summed E-state index contributed by atoms with van der Waals surface area (Å²) in [5.74, 6) is -3.62. The molecule has 4 rings (SSSR count). The summed E-state index contributed by atoms with van der Waals surface area (Å²) < 4.78 is 16.0. The van der Waals surface area contributed by atoms with E-state index in [0.29, 0.717) is 34.2 Å². The van der Waals surface area contributed by atoms with Gasteiger partial charge in [-0.1, -0.05) is 36.4 Å². The summed E-state index contributed by atoms with van der Waals surface area (Å²) in [5.41, 5.74) is -0.418. The number of anilines is 2. The molecule has 0 unspecified atom stereocenters. The molecule has 0 aromatic heterocycles. The van der Waals surface area contributed by atoms with Crippen molar-refractivity contribution in [2.24, 2.45) is 11.8 Å². The van der Waals surface area contributed by atoms with E-state index < -0.39 is 41.0 Å². The summed E-state index contributed by atoms with van der Waals surface area (Å²) in [6.07, 6.45) is -0.381. The molecule has 4 atom stereocenters. The van der Waals surface area contributed by atoms with Crippen LogP contribution >= 0.6 is 0 Å². The molecular formula is C30H32N2O7. The highest BCUT2D eigenvalue weighted by atomic mass is 16.5. The molecule has 204 valence electrons. The lowest BCUT2D eigenvalue weighted by molar-refractivity contribution is -0.150. The van der Waals surface area contributed by atoms with Crippen LogP contribution in [0.15, 0.2) is 72.8 Å². The van der Waals surface area contributed by atoms with Gasteiger partial charge in [0.15, 0.2) is 0 Å². The van der Waals surface area contributed by atoms with Gasteiger partial charge in [0.25, 0.3) is 0 Å². The fourth-order valence-electron chi connectivity index (χ4n) is 5.23. The Morgan fingerprint density at radius 2 is 1.31 bits per heavy atom. The van der Waals surface area contributed by atoms with E-state index in [-0.39, 0.29) is 6.42 Å². The number of methoxy groups -OCH3 is 3. The van der Waals surface area contributed by atoms with Gasteiger partial charge in [-0.15, -0.1) is 0 Å². The largest absolute Gasteiger partial charge is 0.497 e. The van der Waals surface area contributed by atoms with Gasteiger partial charge >= 0.3 is 0 Å². The van der Waals surface area contributed by atoms with Crippen molar-refractivity contribution in [1.29, 1.82) is 0 Å². The molecular weight excluding hydrogens is 500 g/mol. The number of amides is 2. The third kappa shape index (κ3) is 5.73. The second-order valence-electron chi connectivity index (χ2n) is 9.63. The molecule has 0 aliphatic heterocycles. The Morgan fingerprint density at radius 3 is 1.82 bits per heavy atom. The molecule has 1 fully saturated rings. The van der Waals surface area contributed by atoms with Gasteiger partial charge in [-0.05, 0) is 48.9 Å². The Kier molecular flexibility index (Phi) is 8.21.